The molecule has 0 unspecified atom stereocenters. The lowest BCUT2D eigenvalue weighted by atomic mass is 10.2. The molecule has 0 aliphatic carbocycles. The third kappa shape index (κ3) is 7.66. The summed E-state index contributed by atoms with van der Waals surface area (Å²) in [5, 5.41) is 2.72. The Balaban J connectivity index is 2.95. The number of carbonyl (C=O) groups is 1. The predicted molar refractivity (Wildman–Crippen MR) is 47.9 cm³/mol. The van der Waals surface area contributed by atoms with E-state index in [4.69, 9.17) is 11.6 Å². The quantitative estimate of drug-likeness (QED) is 0.488. The normalized spacial score (nSPS) is 9.64. The predicted octanol–water partition coefficient (Wildman–Crippen LogP) is 1.92. The summed E-state index contributed by atoms with van der Waals surface area (Å²) in [4.78, 5) is 10.6. The number of halogens is 1. The molecule has 2 nitrogen and oxygen atoms in total. The average Bonchev–Trinajstić information content (AvgIpc) is 2.04. The van der Waals surface area contributed by atoms with Crippen molar-refractivity contribution in [3.8, 4) is 0 Å². The molecule has 66 valence electrons. The van der Waals surface area contributed by atoms with Crippen molar-refractivity contribution in [3.63, 3.8) is 0 Å². The molecule has 0 saturated heterocycles. The molecule has 0 radical (unpaired) electrons. The van der Waals surface area contributed by atoms with Crippen LogP contribution in [0.25, 0.3) is 0 Å². The lowest BCUT2D eigenvalue weighted by Gasteiger charge is -2.01. The Bertz CT molecular complexity index is 106. The Morgan fingerprint density at radius 3 is 2.64 bits per heavy atom. The standard InChI is InChI=1S/C8H16ClNO/c1-2-3-4-5-6-10-8(11)7-9/h2-7H2,1H3,(H,10,11). The second-order valence-electron chi connectivity index (χ2n) is 2.54. The molecule has 0 atom stereocenters. The van der Waals surface area contributed by atoms with Gasteiger partial charge in [0.05, 0.1) is 0 Å². The highest BCUT2D eigenvalue weighted by Crippen LogP contribution is 1.96. The van der Waals surface area contributed by atoms with Crippen LogP contribution < -0.4 is 5.32 Å². The number of amides is 1. The van der Waals surface area contributed by atoms with Crippen LogP contribution in [0.4, 0.5) is 0 Å². The van der Waals surface area contributed by atoms with Crippen LogP contribution in [0.5, 0.6) is 0 Å². The number of hydrogen-bond donors (Lipinski definition) is 1. The Kier molecular flexibility index (Phi) is 7.69. The molecule has 0 spiro atoms. The molecule has 1 amide bonds. The van der Waals surface area contributed by atoms with Gasteiger partial charge in [0, 0.05) is 6.54 Å². The van der Waals surface area contributed by atoms with Crippen molar-refractivity contribution in [1.82, 2.24) is 5.32 Å². The zero-order valence-corrected chi connectivity index (χ0v) is 7.78. The molecule has 1 N–H and O–H groups in total. The third-order valence-electron chi connectivity index (χ3n) is 1.47. The van der Waals surface area contributed by atoms with Crippen LogP contribution in [-0.4, -0.2) is 18.3 Å². The van der Waals surface area contributed by atoms with E-state index in [1.165, 1.54) is 19.3 Å². The lowest BCUT2D eigenvalue weighted by Crippen LogP contribution is -2.25. The maximum Gasteiger partial charge on any atom is 0.234 e. The molecule has 0 aliphatic rings. The van der Waals surface area contributed by atoms with E-state index in [1.54, 1.807) is 0 Å². The first-order valence-electron chi connectivity index (χ1n) is 4.14. The Hall–Kier alpha value is -0.240. The SMILES string of the molecule is CCCCCCNC(=O)CCl. The summed E-state index contributed by atoms with van der Waals surface area (Å²) in [7, 11) is 0. The molecule has 11 heavy (non-hydrogen) atoms. The zero-order valence-electron chi connectivity index (χ0n) is 7.03. The van der Waals surface area contributed by atoms with Crippen molar-refractivity contribution in [3.05, 3.63) is 0 Å². The van der Waals surface area contributed by atoms with E-state index in [2.05, 4.69) is 12.2 Å². The van der Waals surface area contributed by atoms with Crippen molar-refractivity contribution in [2.75, 3.05) is 12.4 Å². The topological polar surface area (TPSA) is 29.1 Å². The highest BCUT2D eigenvalue weighted by Gasteiger charge is 1.95. The maximum absolute atomic E-state index is 10.6. The summed E-state index contributed by atoms with van der Waals surface area (Å²) in [6.45, 7) is 2.93. The molecule has 0 aromatic carbocycles. The minimum atomic E-state index is -0.0665. The van der Waals surface area contributed by atoms with Crippen molar-refractivity contribution in [2.45, 2.75) is 32.6 Å². The van der Waals surface area contributed by atoms with Gasteiger partial charge in [-0.15, -0.1) is 11.6 Å². The highest BCUT2D eigenvalue weighted by atomic mass is 35.5. The van der Waals surface area contributed by atoms with Crippen LogP contribution in [0, 0.1) is 0 Å². The van der Waals surface area contributed by atoms with Gasteiger partial charge in [0.15, 0.2) is 0 Å². The fourth-order valence-electron chi connectivity index (χ4n) is 0.827. The van der Waals surface area contributed by atoms with Crippen LogP contribution in [-0.2, 0) is 4.79 Å². The molecular weight excluding hydrogens is 162 g/mol. The maximum atomic E-state index is 10.6. The molecule has 0 bridgehead atoms. The van der Waals surface area contributed by atoms with Gasteiger partial charge >= 0.3 is 0 Å². The largest absolute Gasteiger partial charge is 0.355 e. The number of carbonyl (C=O) groups excluding carboxylic acids is 1. The highest BCUT2D eigenvalue weighted by molar-refractivity contribution is 6.27. The summed E-state index contributed by atoms with van der Waals surface area (Å²) in [5.41, 5.74) is 0. The summed E-state index contributed by atoms with van der Waals surface area (Å²) in [5.74, 6) is 0.0106. The van der Waals surface area contributed by atoms with Crippen molar-refractivity contribution < 1.29 is 4.79 Å². The van der Waals surface area contributed by atoms with Crippen LogP contribution in [0.3, 0.4) is 0 Å². The van der Waals surface area contributed by atoms with E-state index in [1.807, 2.05) is 0 Å². The van der Waals surface area contributed by atoms with Crippen molar-refractivity contribution >= 4 is 17.5 Å². The van der Waals surface area contributed by atoms with Crippen LogP contribution in [0.1, 0.15) is 32.6 Å². The van der Waals surface area contributed by atoms with E-state index < -0.39 is 0 Å². The van der Waals surface area contributed by atoms with E-state index >= 15 is 0 Å². The number of hydrogen-bond acceptors (Lipinski definition) is 1. The number of rotatable bonds is 6. The van der Waals surface area contributed by atoms with Gasteiger partial charge in [-0.1, -0.05) is 26.2 Å². The minimum Gasteiger partial charge on any atom is -0.355 e. The van der Waals surface area contributed by atoms with E-state index in [-0.39, 0.29) is 11.8 Å². The van der Waals surface area contributed by atoms with Crippen LogP contribution in [0.15, 0.2) is 0 Å². The van der Waals surface area contributed by atoms with Crippen LogP contribution in [0.2, 0.25) is 0 Å². The molecule has 0 heterocycles. The Labute approximate surface area is 73.3 Å². The lowest BCUT2D eigenvalue weighted by molar-refractivity contribution is -0.118. The summed E-state index contributed by atoms with van der Waals surface area (Å²) in [6, 6.07) is 0. The summed E-state index contributed by atoms with van der Waals surface area (Å²) < 4.78 is 0. The molecule has 0 aromatic heterocycles. The first-order valence-corrected chi connectivity index (χ1v) is 4.67. The fraction of sp³-hybridized carbons (Fsp3) is 0.875. The van der Waals surface area contributed by atoms with Crippen LogP contribution >= 0.6 is 11.6 Å². The second kappa shape index (κ2) is 7.86. The van der Waals surface area contributed by atoms with Gasteiger partial charge in [-0.3, -0.25) is 4.79 Å². The Morgan fingerprint density at radius 2 is 2.09 bits per heavy atom. The first kappa shape index (κ1) is 10.8. The summed E-state index contributed by atoms with van der Waals surface area (Å²) >= 11 is 5.28. The van der Waals surface area contributed by atoms with Gasteiger partial charge in [-0.2, -0.15) is 0 Å². The minimum absolute atomic E-state index is 0.0665. The average molecular weight is 178 g/mol. The van der Waals surface area contributed by atoms with Gasteiger partial charge in [-0.25, -0.2) is 0 Å². The van der Waals surface area contributed by atoms with Gasteiger partial charge in [0.25, 0.3) is 0 Å². The molecule has 0 aliphatic heterocycles. The molecule has 3 heteroatoms. The van der Waals surface area contributed by atoms with Gasteiger partial charge in [0.2, 0.25) is 5.91 Å². The molecule has 0 rings (SSSR count). The second-order valence-corrected chi connectivity index (χ2v) is 2.81. The Morgan fingerprint density at radius 1 is 1.36 bits per heavy atom. The van der Waals surface area contributed by atoms with E-state index in [0.717, 1.165) is 13.0 Å². The number of alkyl halides is 1. The number of unbranched alkanes of at least 4 members (excludes halogenated alkanes) is 3. The third-order valence-corrected chi connectivity index (χ3v) is 1.72. The molecule has 0 aromatic rings. The van der Waals surface area contributed by atoms with E-state index in [0.29, 0.717) is 0 Å². The van der Waals surface area contributed by atoms with Gasteiger partial charge in [-0.05, 0) is 6.42 Å². The van der Waals surface area contributed by atoms with E-state index in [9.17, 15) is 4.79 Å². The molecule has 0 fully saturated rings. The smallest absolute Gasteiger partial charge is 0.234 e. The molecular formula is C8H16ClNO. The van der Waals surface area contributed by atoms with Crippen molar-refractivity contribution in [1.29, 1.82) is 0 Å². The number of nitrogens with one attached hydrogen (secondary N) is 1. The summed E-state index contributed by atoms with van der Waals surface area (Å²) in [6.07, 6.45) is 4.73. The monoisotopic (exact) mass is 177 g/mol. The first-order chi connectivity index (χ1) is 5.31. The van der Waals surface area contributed by atoms with Gasteiger partial charge < -0.3 is 5.32 Å². The zero-order chi connectivity index (χ0) is 8.53. The fourth-order valence-corrected chi connectivity index (χ4v) is 0.921. The van der Waals surface area contributed by atoms with Crippen molar-refractivity contribution in [2.24, 2.45) is 0 Å². The van der Waals surface area contributed by atoms with Gasteiger partial charge in [0.1, 0.15) is 5.88 Å². The molecule has 0 saturated carbocycles.